The van der Waals surface area contributed by atoms with Crippen LogP contribution < -0.4 is 5.32 Å². The normalized spacial score (nSPS) is 25.0. The van der Waals surface area contributed by atoms with Crippen LogP contribution in [0.5, 0.6) is 0 Å². The van der Waals surface area contributed by atoms with Crippen LogP contribution >= 0.6 is 23.2 Å². The van der Waals surface area contributed by atoms with Crippen molar-refractivity contribution in [3.8, 4) is 0 Å². The molecule has 5 heteroatoms. The average molecular weight is 402 g/mol. The summed E-state index contributed by atoms with van der Waals surface area (Å²) in [6, 6.07) is 13.2. The van der Waals surface area contributed by atoms with Crippen LogP contribution in [0.25, 0.3) is 0 Å². The molecule has 1 N–H and O–H groups in total. The van der Waals surface area contributed by atoms with Gasteiger partial charge in [-0.25, -0.2) is 0 Å². The summed E-state index contributed by atoms with van der Waals surface area (Å²) in [5.41, 5.74) is 1.92. The van der Waals surface area contributed by atoms with Gasteiger partial charge in [-0.15, -0.1) is 0 Å². The lowest BCUT2D eigenvalue weighted by Gasteiger charge is -2.35. The summed E-state index contributed by atoms with van der Waals surface area (Å²) in [4.78, 5) is 25.8. The van der Waals surface area contributed by atoms with Gasteiger partial charge in [-0.3, -0.25) is 9.59 Å². The molecule has 2 atom stereocenters. The standard InChI is InChI=1S/C22H21Cl2NO2/c23-16-6-3-4-14(10-16)13-22(15-5-1-2-7-18(26)11-15)19-9-8-17(24)12-20(19)25-21(22)27/h3-4,6,8-10,12,15H,1-2,5,7,11,13H2,(H,25,27). The Bertz CT molecular complexity index is 911. The van der Waals surface area contributed by atoms with Gasteiger partial charge < -0.3 is 5.32 Å². The fraction of sp³-hybridized carbons (Fsp3) is 0.364. The maximum absolute atomic E-state index is 13.4. The number of hydrogen-bond donors (Lipinski definition) is 1. The highest BCUT2D eigenvalue weighted by molar-refractivity contribution is 6.31. The molecule has 27 heavy (non-hydrogen) atoms. The van der Waals surface area contributed by atoms with E-state index in [0.717, 1.165) is 36.1 Å². The molecule has 1 aliphatic heterocycles. The van der Waals surface area contributed by atoms with Gasteiger partial charge in [0.2, 0.25) is 5.91 Å². The minimum atomic E-state index is -0.773. The number of anilines is 1. The van der Waals surface area contributed by atoms with E-state index < -0.39 is 5.41 Å². The van der Waals surface area contributed by atoms with E-state index in [0.29, 0.717) is 29.3 Å². The molecule has 4 rings (SSSR count). The topological polar surface area (TPSA) is 46.2 Å². The van der Waals surface area contributed by atoms with Crippen LogP contribution in [0.1, 0.15) is 43.2 Å². The van der Waals surface area contributed by atoms with Crippen molar-refractivity contribution >= 4 is 40.6 Å². The van der Waals surface area contributed by atoms with Gasteiger partial charge >= 0.3 is 0 Å². The molecule has 140 valence electrons. The van der Waals surface area contributed by atoms with Crippen molar-refractivity contribution < 1.29 is 9.59 Å². The van der Waals surface area contributed by atoms with Crippen molar-refractivity contribution in [2.75, 3.05) is 5.32 Å². The molecule has 0 saturated heterocycles. The third-order valence-electron chi connectivity index (χ3n) is 5.92. The fourth-order valence-electron chi connectivity index (χ4n) is 4.67. The van der Waals surface area contributed by atoms with Gasteiger partial charge in [0.15, 0.2) is 0 Å². The van der Waals surface area contributed by atoms with E-state index in [1.165, 1.54) is 0 Å². The molecule has 1 amide bonds. The first-order valence-electron chi connectivity index (χ1n) is 9.36. The number of carbonyl (C=O) groups is 2. The highest BCUT2D eigenvalue weighted by Gasteiger charge is 2.52. The van der Waals surface area contributed by atoms with Crippen LogP contribution in [-0.4, -0.2) is 11.7 Å². The summed E-state index contributed by atoms with van der Waals surface area (Å²) in [6.45, 7) is 0. The molecule has 1 aliphatic carbocycles. The summed E-state index contributed by atoms with van der Waals surface area (Å²) in [6.07, 6.45) is 4.30. The predicted molar refractivity (Wildman–Crippen MR) is 108 cm³/mol. The van der Waals surface area contributed by atoms with E-state index in [9.17, 15) is 9.59 Å². The zero-order chi connectivity index (χ0) is 19.0. The van der Waals surface area contributed by atoms with E-state index in [1.54, 1.807) is 6.07 Å². The van der Waals surface area contributed by atoms with Crippen molar-refractivity contribution in [3.05, 3.63) is 63.6 Å². The maximum atomic E-state index is 13.4. The summed E-state index contributed by atoms with van der Waals surface area (Å²) in [5, 5.41) is 4.26. The van der Waals surface area contributed by atoms with Crippen molar-refractivity contribution in [3.63, 3.8) is 0 Å². The minimum Gasteiger partial charge on any atom is -0.325 e. The van der Waals surface area contributed by atoms with Crippen molar-refractivity contribution in [1.82, 2.24) is 0 Å². The second kappa shape index (κ2) is 7.29. The molecule has 1 fully saturated rings. The number of fused-ring (bicyclic) bond motifs is 1. The lowest BCUT2D eigenvalue weighted by atomic mass is 9.64. The molecule has 0 bridgehead atoms. The molecule has 0 aromatic heterocycles. The first kappa shape index (κ1) is 18.5. The van der Waals surface area contributed by atoms with E-state index in [-0.39, 0.29) is 17.6 Å². The van der Waals surface area contributed by atoms with Gasteiger partial charge in [-0.2, -0.15) is 0 Å². The summed E-state index contributed by atoms with van der Waals surface area (Å²) < 4.78 is 0. The number of hydrogen-bond acceptors (Lipinski definition) is 2. The van der Waals surface area contributed by atoms with Crippen molar-refractivity contribution in [2.24, 2.45) is 5.92 Å². The zero-order valence-corrected chi connectivity index (χ0v) is 16.4. The van der Waals surface area contributed by atoms with Crippen LogP contribution in [0.3, 0.4) is 0 Å². The number of ketones is 1. The van der Waals surface area contributed by atoms with Crippen molar-refractivity contribution in [1.29, 1.82) is 0 Å². The van der Waals surface area contributed by atoms with Crippen LogP contribution in [0.4, 0.5) is 5.69 Å². The Morgan fingerprint density at radius 2 is 1.85 bits per heavy atom. The SMILES string of the molecule is O=C1CCCCC(C2(Cc3cccc(Cl)c3)C(=O)Nc3cc(Cl)ccc32)C1. The highest BCUT2D eigenvalue weighted by atomic mass is 35.5. The number of rotatable bonds is 3. The molecule has 2 unspecified atom stereocenters. The largest absolute Gasteiger partial charge is 0.325 e. The number of carbonyl (C=O) groups excluding carboxylic acids is 2. The van der Waals surface area contributed by atoms with Gasteiger partial charge in [0.05, 0.1) is 5.41 Å². The third-order valence-corrected chi connectivity index (χ3v) is 6.39. The molecular formula is C22H21Cl2NO2. The van der Waals surface area contributed by atoms with Gasteiger partial charge in [-0.05, 0) is 60.6 Å². The van der Waals surface area contributed by atoms with E-state index in [2.05, 4.69) is 5.32 Å². The smallest absolute Gasteiger partial charge is 0.235 e. The van der Waals surface area contributed by atoms with E-state index >= 15 is 0 Å². The predicted octanol–water partition coefficient (Wildman–Crippen LogP) is 5.58. The summed E-state index contributed by atoms with van der Waals surface area (Å²) >= 11 is 12.4. The molecule has 0 radical (unpaired) electrons. The summed E-state index contributed by atoms with van der Waals surface area (Å²) in [5.74, 6) is 0.173. The van der Waals surface area contributed by atoms with Crippen LogP contribution in [-0.2, 0) is 21.4 Å². The van der Waals surface area contributed by atoms with Crippen LogP contribution in [0.2, 0.25) is 10.0 Å². The van der Waals surface area contributed by atoms with Crippen LogP contribution in [0.15, 0.2) is 42.5 Å². The molecule has 2 aliphatic rings. The van der Waals surface area contributed by atoms with Gasteiger partial charge in [-0.1, -0.05) is 47.8 Å². The Balaban J connectivity index is 1.85. The zero-order valence-electron chi connectivity index (χ0n) is 14.9. The molecular weight excluding hydrogens is 381 g/mol. The number of nitrogens with one attached hydrogen (secondary N) is 1. The number of amides is 1. The molecule has 2 aromatic carbocycles. The molecule has 1 saturated carbocycles. The molecule has 3 nitrogen and oxygen atoms in total. The average Bonchev–Trinajstić information content (AvgIpc) is 2.76. The summed E-state index contributed by atoms with van der Waals surface area (Å²) in [7, 11) is 0. The van der Waals surface area contributed by atoms with E-state index in [4.69, 9.17) is 23.2 Å². The molecule has 1 heterocycles. The molecule has 2 aromatic rings. The monoisotopic (exact) mass is 401 g/mol. The Hall–Kier alpha value is -1.84. The van der Waals surface area contributed by atoms with Gasteiger partial charge in [0.1, 0.15) is 5.78 Å². The van der Waals surface area contributed by atoms with Gasteiger partial charge in [0, 0.05) is 28.6 Å². The fourth-order valence-corrected chi connectivity index (χ4v) is 5.06. The quantitative estimate of drug-likeness (QED) is 0.682. The highest BCUT2D eigenvalue weighted by Crippen LogP contribution is 2.49. The first-order valence-corrected chi connectivity index (χ1v) is 10.1. The second-order valence-electron chi connectivity index (χ2n) is 7.61. The van der Waals surface area contributed by atoms with Gasteiger partial charge in [0.25, 0.3) is 0 Å². The molecule has 0 spiro atoms. The Morgan fingerprint density at radius 1 is 1.04 bits per heavy atom. The minimum absolute atomic E-state index is 0.0334. The second-order valence-corrected chi connectivity index (χ2v) is 8.48. The number of halogens is 2. The number of benzene rings is 2. The Morgan fingerprint density at radius 3 is 2.67 bits per heavy atom. The third kappa shape index (κ3) is 3.39. The number of Topliss-reactive ketones (excluding diaryl/α,β-unsaturated/α-hetero) is 1. The van der Waals surface area contributed by atoms with E-state index in [1.807, 2.05) is 36.4 Å². The lowest BCUT2D eigenvalue weighted by Crippen LogP contribution is -2.44. The Labute approximate surface area is 169 Å². The Kier molecular flexibility index (Phi) is 5.00. The van der Waals surface area contributed by atoms with Crippen LogP contribution in [0, 0.1) is 5.92 Å². The first-order chi connectivity index (χ1) is 13.0. The lowest BCUT2D eigenvalue weighted by molar-refractivity contribution is -0.124. The maximum Gasteiger partial charge on any atom is 0.235 e. The van der Waals surface area contributed by atoms with Crippen molar-refractivity contribution in [2.45, 2.75) is 43.9 Å².